The number of amides is 1. The highest BCUT2D eigenvalue weighted by molar-refractivity contribution is 14.0. The van der Waals surface area contributed by atoms with Crippen molar-refractivity contribution in [2.75, 3.05) is 13.6 Å². The second-order valence-corrected chi connectivity index (χ2v) is 6.27. The number of fused-ring (bicyclic) bond motifs is 1. The first-order chi connectivity index (χ1) is 12.7. The summed E-state index contributed by atoms with van der Waals surface area (Å²) in [5.74, 6) is 1.72. The lowest BCUT2D eigenvalue weighted by molar-refractivity contribution is -0.131. The summed E-state index contributed by atoms with van der Waals surface area (Å²) in [4.78, 5) is 22.6. The van der Waals surface area contributed by atoms with E-state index in [0.29, 0.717) is 25.5 Å². The SMILES string of the molecule is CN=C(NCCCC(=O)N1Cc2ccccc2C1)NCc1ncnn1C.I. The lowest BCUT2D eigenvalue weighted by Gasteiger charge is -2.16. The maximum absolute atomic E-state index is 12.4. The molecule has 146 valence electrons. The van der Waals surface area contributed by atoms with E-state index in [4.69, 9.17) is 0 Å². The van der Waals surface area contributed by atoms with Crippen molar-refractivity contribution in [2.45, 2.75) is 32.5 Å². The van der Waals surface area contributed by atoms with Gasteiger partial charge in [-0.25, -0.2) is 4.98 Å². The molecule has 1 aliphatic rings. The van der Waals surface area contributed by atoms with E-state index in [1.165, 1.54) is 17.5 Å². The Morgan fingerprint density at radius 1 is 1.22 bits per heavy atom. The summed E-state index contributed by atoms with van der Waals surface area (Å²) in [6.45, 7) is 2.68. The molecule has 0 aliphatic carbocycles. The molecule has 1 aromatic heterocycles. The van der Waals surface area contributed by atoms with Crippen LogP contribution in [0.15, 0.2) is 35.6 Å². The minimum absolute atomic E-state index is 0. The first-order valence-electron chi connectivity index (χ1n) is 8.79. The van der Waals surface area contributed by atoms with Gasteiger partial charge in [-0.1, -0.05) is 24.3 Å². The summed E-state index contributed by atoms with van der Waals surface area (Å²) >= 11 is 0. The lowest BCUT2D eigenvalue weighted by Crippen LogP contribution is -2.38. The number of aromatic nitrogens is 3. The van der Waals surface area contributed by atoms with Gasteiger partial charge in [0.15, 0.2) is 5.96 Å². The van der Waals surface area contributed by atoms with Crippen LogP contribution in [0.25, 0.3) is 0 Å². The van der Waals surface area contributed by atoms with Crippen LogP contribution in [0, 0.1) is 0 Å². The maximum atomic E-state index is 12.4. The van der Waals surface area contributed by atoms with Crippen LogP contribution in [-0.4, -0.2) is 45.1 Å². The van der Waals surface area contributed by atoms with E-state index in [2.05, 4.69) is 37.8 Å². The number of nitrogens with one attached hydrogen (secondary N) is 2. The van der Waals surface area contributed by atoms with Crippen LogP contribution < -0.4 is 10.6 Å². The number of hydrogen-bond donors (Lipinski definition) is 2. The van der Waals surface area contributed by atoms with E-state index in [1.807, 2.05) is 24.1 Å². The zero-order valence-corrected chi connectivity index (χ0v) is 18.0. The Balaban J connectivity index is 0.00000261. The summed E-state index contributed by atoms with van der Waals surface area (Å²) < 4.78 is 1.72. The van der Waals surface area contributed by atoms with E-state index in [0.717, 1.165) is 25.3 Å². The molecule has 27 heavy (non-hydrogen) atoms. The smallest absolute Gasteiger partial charge is 0.223 e. The molecule has 0 saturated carbocycles. The fourth-order valence-corrected chi connectivity index (χ4v) is 2.98. The third-order valence-corrected chi connectivity index (χ3v) is 4.50. The molecule has 0 bridgehead atoms. The van der Waals surface area contributed by atoms with E-state index in [9.17, 15) is 4.79 Å². The molecule has 9 heteroatoms. The van der Waals surface area contributed by atoms with Gasteiger partial charge < -0.3 is 15.5 Å². The molecule has 0 atom stereocenters. The molecule has 0 unspecified atom stereocenters. The van der Waals surface area contributed by atoms with Crippen LogP contribution in [0.2, 0.25) is 0 Å². The zero-order chi connectivity index (χ0) is 18.4. The molecule has 1 aliphatic heterocycles. The number of hydrogen-bond acceptors (Lipinski definition) is 4. The Kier molecular flexibility index (Phi) is 8.01. The summed E-state index contributed by atoms with van der Waals surface area (Å²) in [5, 5.41) is 10.4. The predicted octanol–water partition coefficient (Wildman–Crippen LogP) is 1.42. The van der Waals surface area contributed by atoms with Gasteiger partial charge in [-0.15, -0.1) is 24.0 Å². The number of nitrogens with zero attached hydrogens (tertiary/aromatic N) is 5. The van der Waals surface area contributed by atoms with Gasteiger partial charge in [-0.05, 0) is 17.5 Å². The van der Waals surface area contributed by atoms with Crippen LogP contribution >= 0.6 is 24.0 Å². The standard InChI is InChI=1S/C18H25N7O.HI/c1-19-18(21-10-16-22-13-23-24(16)2)20-9-5-8-17(26)25-11-14-6-3-4-7-15(14)12-25;/h3-4,6-7,13H,5,8-12H2,1-2H3,(H2,19,20,21);1H. The highest BCUT2D eigenvalue weighted by Crippen LogP contribution is 2.22. The predicted molar refractivity (Wildman–Crippen MR) is 115 cm³/mol. The highest BCUT2D eigenvalue weighted by atomic mass is 127. The van der Waals surface area contributed by atoms with E-state index in [1.54, 1.807) is 11.7 Å². The van der Waals surface area contributed by atoms with Gasteiger partial charge in [0.25, 0.3) is 0 Å². The zero-order valence-electron chi connectivity index (χ0n) is 15.7. The number of guanidine groups is 1. The van der Waals surface area contributed by atoms with Crippen molar-refractivity contribution in [3.63, 3.8) is 0 Å². The van der Waals surface area contributed by atoms with Crippen LogP contribution in [0.3, 0.4) is 0 Å². The number of aliphatic imine (C=N–C) groups is 1. The Labute approximate surface area is 176 Å². The van der Waals surface area contributed by atoms with Gasteiger partial charge in [-0.3, -0.25) is 14.5 Å². The molecule has 2 N–H and O–H groups in total. The first kappa shape index (κ1) is 21.1. The van der Waals surface area contributed by atoms with Gasteiger partial charge in [0.05, 0.1) is 6.54 Å². The minimum atomic E-state index is 0. The molecule has 8 nitrogen and oxygen atoms in total. The van der Waals surface area contributed by atoms with Crippen molar-refractivity contribution >= 4 is 35.8 Å². The number of carbonyl (C=O) groups excluding carboxylic acids is 1. The Hall–Kier alpha value is -2.17. The molecular formula is C18H26IN7O. The molecule has 1 amide bonds. The fraction of sp³-hybridized carbons (Fsp3) is 0.444. The van der Waals surface area contributed by atoms with Crippen molar-refractivity contribution in [3.05, 3.63) is 47.5 Å². The van der Waals surface area contributed by atoms with E-state index in [-0.39, 0.29) is 29.9 Å². The van der Waals surface area contributed by atoms with Crippen LogP contribution in [0.4, 0.5) is 0 Å². The second kappa shape index (κ2) is 10.2. The van der Waals surface area contributed by atoms with Gasteiger partial charge in [0.2, 0.25) is 5.91 Å². The number of benzene rings is 1. The van der Waals surface area contributed by atoms with Gasteiger partial charge in [0.1, 0.15) is 12.2 Å². The number of halogens is 1. The van der Waals surface area contributed by atoms with Crippen LogP contribution in [0.5, 0.6) is 0 Å². The van der Waals surface area contributed by atoms with Gasteiger partial charge in [-0.2, -0.15) is 5.10 Å². The van der Waals surface area contributed by atoms with E-state index < -0.39 is 0 Å². The largest absolute Gasteiger partial charge is 0.356 e. The normalized spacial score (nSPS) is 13.1. The average molecular weight is 483 g/mol. The summed E-state index contributed by atoms with van der Waals surface area (Å²) in [5.41, 5.74) is 2.51. The highest BCUT2D eigenvalue weighted by Gasteiger charge is 2.22. The topological polar surface area (TPSA) is 87.4 Å². The van der Waals surface area contributed by atoms with Crippen molar-refractivity contribution in [2.24, 2.45) is 12.0 Å². The third kappa shape index (κ3) is 5.65. The monoisotopic (exact) mass is 483 g/mol. The maximum Gasteiger partial charge on any atom is 0.223 e. The fourth-order valence-electron chi connectivity index (χ4n) is 2.98. The van der Waals surface area contributed by atoms with Crippen molar-refractivity contribution < 1.29 is 4.79 Å². The second-order valence-electron chi connectivity index (χ2n) is 6.27. The molecule has 3 rings (SSSR count). The first-order valence-corrected chi connectivity index (χ1v) is 8.79. The van der Waals surface area contributed by atoms with Gasteiger partial charge in [0, 0.05) is 40.2 Å². The third-order valence-electron chi connectivity index (χ3n) is 4.50. The van der Waals surface area contributed by atoms with Crippen molar-refractivity contribution in [1.82, 2.24) is 30.3 Å². The molecule has 1 aromatic carbocycles. The Morgan fingerprint density at radius 2 is 1.93 bits per heavy atom. The average Bonchev–Trinajstić information content (AvgIpc) is 3.27. The molecule has 0 saturated heterocycles. The molecule has 2 aromatic rings. The minimum Gasteiger partial charge on any atom is -0.356 e. The molecule has 0 fully saturated rings. The van der Waals surface area contributed by atoms with Crippen LogP contribution in [-0.2, 0) is 31.5 Å². The quantitative estimate of drug-likeness (QED) is 0.281. The summed E-state index contributed by atoms with van der Waals surface area (Å²) in [7, 11) is 3.57. The van der Waals surface area contributed by atoms with E-state index >= 15 is 0 Å². The molecule has 0 spiro atoms. The lowest BCUT2D eigenvalue weighted by atomic mass is 10.1. The summed E-state index contributed by atoms with van der Waals surface area (Å²) in [6, 6.07) is 8.24. The van der Waals surface area contributed by atoms with Crippen LogP contribution in [0.1, 0.15) is 29.8 Å². The molecular weight excluding hydrogens is 457 g/mol. The van der Waals surface area contributed by atoms with Gasteiger partial charge >= 0.3 is 0 Å². The van der Waals surface area contributed by atoms with Crippen molar-refractivity contribution in [1.29, 1.82) is 0 Å². The van der Waals surface area contributed by atoms with Crippen molar-refractivity contribution in [3.8, 4) is 0 Å². The number of aryl methyl sites for hydroxylation is 1. The molecule has 0 radical (unpaired) electrons. The molecule has 2 heterocycles. The Morgan fingerprint density at radius 3 is 2.52 bits per heavy atom. The Bertz CT molecular complexity index is 765. The number of rotatable bonds is 6. The summed E-state index contributed by atoms with van der Waals surface area (Å²) in [6.07, 6.45) is 2.81. The number of carbonyl (C=O) groups is 1.